The van der Waals surface area contributed by atoms with Gasteiger partial charge in [-0.1, -0.05) is 47.4 Å². The van der Waals surface area contributed by atoms with E-state index < -0.39 is 0 Å². The molecular formula is C24H21N2O3S3+. The van der Waals surface area contributed by atoms with Crippen LogP contribution in [0.3, 0.4) is 0 Å². The van der Waals surface area contributed by atoms with Crippen molar-refractivity contribution in [2.24, 2.45) is 0 Å². The maximum Gasteiger partial charge on any atom is 0.263 e. The number of para-hydroxylation sites is 2. The number of hydrogen-bond donors (Lipinski definition) is 3. The zero-order chi connectivity index (χ0) is 22.2. The molecular weight excluding hydrogens is 460 g/mol. The summed E-state index contributed by atoms with van der Waals surface area (Å²) in [5.41, 5.74) is 3.23. The van der Waals surface area contributed by atoms with Gasteiger partial charge < -0.3 is 15.1 Å². The van der Waals surface area contributed by atoms with Gasteiger partial charge in [0, 0.05) is 39.6 Å². The van der Waals surface area contributed by atoms with Crippen LogP contribution in [0.5, 0.6) is 0 Å². The molecule has 2 N–H and O–H groups in total. The van der Waals surface area contributed by atoms with Crippen LogP contribution in [0.25, 0.3) is 16.3 Å². The molecule has 0 amide bonds. The highest BCUT2D eigenvalue weighted by Crippen LogP contribution is 2.47. The third-order valence-corrected chi connectivity index (χ3v) is 8.16. The van der Waals surface area contributed by atoms with Gasteiger partial charge in [0.15, 0.2) is 12.3 Å². The molecule has 0 unspecified atom stereocenters. The van der Waals surface area contributed by atoms with E-state index in [9.17, 15) is 15.0 Å². The topological polar surface area (TPSA) is 64.7 Å². The van der Waals surface area contributed by atoms with E-state index in [1.165, 1.54) is 0 Å². The van der Waals surface area contributed by atoms with Crippen LogP contribution < -0.4 is 9.47 Å². The molecule has 0 fully saturated rings. The molecule has 2 heterocycles. The first-order valence-corrected chi connectivity index (χ1v) is 12.3. The second kappa shape index (κ2) is 8.88. The van der Waals surface area contributed by atoms with Gasteiger partial charge in [0.25, 0.3) is 5.01 Å². The number of fused-ring (bicyclic) bond motifs is 2. The fraction of sp³-hybridized carbons (Fsp3) is 0.167. The van der Waals surface area contributed by atoms with Gasteiger partial charge in [-0.15, -0.1) is 12.6 Å². The Labute approximate surface area is 199 Å². The number of aromatic nitrogens is 1. The number of carbonyl (C=O) groups is 1. The Balaban J connectivity index is 1.51. The van der Waals surface area contributed by atoms with E-state index in [1.807, 2.05) is 70.1 Å². The third kappa shape index (κ3) is 3.62. The minimum absolute atomic E-state index is 0.0227. The summed E-state index contributed by atoms with van der Waals surface area (Å²) in [6, 6.07) is 16.0. The number of hydrogen-bond acceptors (Lipinski definition) is 7. The van der Waals surface area contributed by atoms with Crippen LogP contribution in [0.1, 0.15) is 5.01 Å². The molecule has 0 saturated carbocycles. The predicted molar refractivity (Wildman–Crippen MR) is 133 cm³/mol. The smallest absolute Gasteiger partial charge is 0.263 e. The van der Waals surface area contributed by atoms with E-state index in [0.29, 0.717) is 29.1 Å². The Hall–Kier alpha value is -2.36. The summed E-state index contributed by atoms with van der Waals surface area (Å²) in [7, 11) is 0. The van der Waals surface area contributed by atoms with Gasteiger partial charge in [-0.05, 0) is 24.3 Å². The number of thiol groups is 1. The normalized spacial score (nSPS) is 18.2. The maximum absolute atomic E-state index is 13.0. The van der Waals surface area contributed by atoms with Gasteiger partial charge in [-0.25, -0.2) is 0 Å². The molecule has 0 bridgehead atoms. The molecule has 32 heavy (non-hydrogen) atoms. The van der Waals surface area contributed by atoms with E-state index in [-0.39, 0.29) is 19.0 Å². The second-order valence-electron chi connectivity index (χ2n) is 7.36. The van der Waals surface area contributed by atoms with Gasteiger partial charge in [-0.2, -0.15) is 4.57 Å². The van der Waals surface area contributed by atoms with Gasteiger partial charge in [0.05, 0.1) is 17.3 Å². The maximum atomic E-state index is 13.0. The Morgan fingerprint density at radius 3 is 2.59 bits per heavy atom. The average molecular weight is 482 g/mol. The van der Waals surface area contributed by atoms with E-state index >= 15 is 0 Å². The largest absolute Gasteiger partial charge is 0.395 e. The lowest BCUT2D eigenvalue weighted by Crippen LogP contribution is -2.37. The summed E-state index contributed by atoms with van der Waals surface area (Å²) in [5, 5.41) is 20.8. The molecule has 3 aromatic rings. The SMILES string of the molecule is O=C1C(=Cc2sc3ccccc3[n+]2CCO)C(S)=C1C=C1Sc2ccccc2N1CCO. The average Bonchev–Trinajstić information content (AvgIpc) is 3.34. The van der Waals surface area contributed by atoms with Gasteiger partial charge in [0.2, 0.25) is 5.52 Å². The number of thioether (sulfide) groups is 1. The van der Waals surface area contributed by atoms with Crippen molar-refractivity contribution in [3.63, 3.8) is 0 Å². The quantitative estimate of drug-likeness (QED) is 0.284. The minimum Gasteiger partial charge on any atom is -0.395 e. The molecule has 5 nitrogen and oxygen atoms in total. The molecule has 2 aliphatic rings. The Morgan fingerprint density at radius 1 is 1.03 bits per heavy atom. The number of aliphatic hydroxyl groups is 2. The van der Waals surface area contributed by atoms with Crippen molar-refractivity contribution in [1.29, 1.82) is 0 Å². The summed E-state index contributed by atoms with van der Waals surface area (Å²) in [6.45, 7) is 0.972. The third-order valence-electron chi connectivity index (χ3n) is 5.46. The van der Waals surface area contributed by atoms with Crippen LogP contribution in [0.4, 0.5) is 5.69 Å². The molecule has 162 valence electrons. The zero-order valence-electron chi connectivity index (χ0n) is 17.1. The monoisotopic (exact) mass is 481 g/mol. The number of thiazole rings is 1. The minimum atomic E-state index is -0.0454. The lowest BCUT2D eigenvalue weighted by Gasteiger charge is -2.23. The molecule has 1 aliphatic heterocycles. The van der Waals surface area contributed by atoms with Crippen LogP contribution in [-0.4, -0.2) is 35.8 Å². The Kier molecular flexibility index (Phi) is 5.96. The van der Waals surface area contributed by atoms with Crippen molar-refractivity contribution in [3.8, 4) is 0 Å². The first-order valence-electron chi connectivity index (χ1n) is 10.2. The Morgan fingerprint density at radius 2 is 1.81 bits per heavy atom. The highest BCUT2D eigenvalue weighted by molar-refractivity contribution is 8.03. The van der Waals surface area contributed by atoms with Crippen molar-refractivity contribution in [2.75, 3.05) is 24.7 Å². The highest BCUT2D eigenvalue weighted by Gasteiger charge is 2.34. The number of aliphatic hydroxyl groups excluding tert-OH is 2. The summed E-state index contributed by atoms with van der Waals surface area (Å²) in [6.07, 6.45) is 3.74. The van der Waals surface area contributed by atoms with E-state index in [0.717, 1.165) is 30.8 Å². The highest BCUT2D eigenvalue weighted by atomic mass is 32.2. The second-order valence-corrected chi connectivity index (χ2v) is 9.93. The number of carbonyl (C=O) groups excluding carboxylic acids is 1. The van der Waals surface area contributed by atoms with Crippen LogP contribution in [-0.2, 0) is 11.3 Å². The first kappa shape index (κ1) is 21.5. The summed E-state index contributed by atoms with van der Waals surface area (Å²) in [4.78, 5) is 16.8. The van der Waals surface area contributed by atoms with E-state index in [1.54, 1.807) is 23.1 Å². The van der Waals surface area contributed by atoms with Crippen molar-refractivity contribution < 1.29 is 19.6 Å². The van der Waals surface area contributed by atoms with Crippen LogP contribution in [0.15, 0.2) is 80.6 Å². The van der Waals surface area contributed by atoms with E-state index in [4.69, 9.17) is 0 Å². The lowest BCUT2D eigenvalue weighted by atomic mass is 9.89. The number of benzene rings is 2. The fourth-order valence-electron chi connectivity index (χ4n) is 3.94. The van der Waals surface area contributed by atoms with Gasteiger partial charge >= 0.3 is 0 Å². The van der Waals surface area contributed by atoms with Crippen molar-refractivity contribution in [2.45, 2.75) is 11.4 Å². The number of rotatable bonds is 6. The standard InChI is InChI=1S/C24H20N2O3S3/c27-11-9-25-17-5-1-3-7-19(17)31-21(25)13-15-23(29)16(24(15)30)14-22-26(10-12-28)18-6-2-4-8-20(18)32-22/h1-8,13-14,27-28H,9-12H2/p+1. The number of allylic oxidation sites excluding steroid dienone is 3. The number of Topliss-reactive ketones (excluding diaryl/α,β-unsaturated/α-hetero) is 1. The molecule has 0 saturated heterocycles. The Bertz CT molecular complexity index is 1320. The molecule has 8 heteroatoms. The number of nitrogens with zero attached hydrogens (tertiary/aromatic N) is 2. The summed E-state index contributed by atoms with van der Waals surface area (Å²) in [5.74, 6) is -0.0454. The molecule has 1 aliphatic carbocycles. The summed E-state index contributed by atoms with van der Waals surface area (Å²) >= 11 is 7.82. The number of ketones is 1. The van der Waals surface area contributed by atoms with Crippen molar-refractivity contribution >= 4 is 63.5 Å². The van der Waals surface area contributed by atoms with Crippen molar-refractivity contribution in [3.05, 3.63) is 80.7 Å². The molecule has 0 spiro atoms. The van der Waals surface area contributed by atoms with Gasteiger partial charge in [-0.3, -0.25) is 4.79 Å². The predicted octanol–water partition coefficient (Wildman–Crippen LogP) is 3.78. The van der Waals surface area contributed by atoms with Crippen LogP contribution in [0, 0.1) is 0 Å². The van der Waals surface area contributed by atoms with Crippen molar-refractivity contribution in [1.82, 2.24) is 0 Å². The first-order chi connectivity index (χ1) is 15.6. The van der Waals surface area contributed by atoms with E-state index in [2.05, 4.69) is 12.6 Å². The zero-order valence-corrected chi connectivity index (χ0v) is 19.6. The molecule has 1 aromatic heterocycles. The van der Waals surface area contributed by atoms with Crippen LogP contribution >= 0.6 is 35.7 Å². The van der Waals surface area contributed by atoms with Gasteiger partial charge in [0.1, 0.15) is 11.3 Å². The number of β-amino-alcohol motifs (C(OH)–C–C–N with tert-alkyl or cyclic N) is 1. The summed E-state index contributed by atoms with van der Waals surface area (Å²) < 4.78 is 3.14. The van der Waals surface area contributed by atoms with Crippen LogP contribution in [0.2, 0.25) is 0 Å². The molecule has 0 radical (unpaired) electrons. The molecule has 2 aromatic carbocycles. The number of anilines is 1. The molecule has 5 rings (SSSR count). The fourth-order valence-corrected chi connectivity index (χ4v) is 6.53. The lowest BCUT2D eigenvalue weighted by molar-refractivity contribution is -0.670. The molecule has 0 atom stereocenters.